The van der Waals surface area contributed by atoms with Gasteiger partial charge in [0.15, 0.2) is 17.1 Å². The fourth-order valence-corrected chi connectivity index (χ4v) is 7.28. The van der Waals surface area contributed by atoms with Crippen LogP contribution in [0.2, 0.25) is 0 Å². The lowest BCUT2D eigenvalue weighted by atomic mass is 9.57. The average molecular weight is 634 g/mol. The number of phenolic OH excluding ortho intramolecular Hbond substituents is 1. The van der Waals surface area contributed by atoms with Crippen molar-refractivity contribution >= 4 is 29.2 Å². The number of aliphatic hydroxyl groups is 3. The van der Waals surface area contributed by atoms with Gasteiger partial charge in [0.1, 0.15) is 17.1 Å². The lowest BCUT2D eigenvalue weighted by Gasteiger charge is -2.50. The van der Waals surface area contributed by atoms with Crippen LogP contribution in [0.15, 0.2) is 53.3 Å². The molecule has 0 unspecified atom stereocenters. The molecular weight excluding hydrogens is 594 g/mol. The van der Waals surface area contributed by atoms with Crippen molar-refractivity contribution in [2.45, 2.75) is 38.3 Å². The zero-order valence-corrected chi connectivity index (χ0v) is 26.2. The van der Waals surface area contributed by atoms with Gasteiger partial charge in [-0.05, 0) is 80.8 Å². The number of likely N-dealkylation sites (N-methyl/N-ethyl adjacent to an activating group) is 2. The Morgan fingerprint density at radius 1 is 1.04 bits per heavy atom. The molecular formula is C34H39N3O9. The average Bonchev–Trinajstić information content (AvgIpc) is 3.01. The van der Waals surface area contributed by atoms with E-state index < -0.39 is 58.1 Å². The molecule has 4 atom stereocenters. The highest BCUT2D eigenvalue weighted by molar-refractivity contribution is 6.23. The molecule has 5 rings (SSSR count). The standard InChI is InChI=1S/C34H39N3O9/c1-5-37(6-2)13-12-35-32(43)18-9-7-8-17(14-18)20-10-11-23(38)25-21(20)15-19-16-22-27(36(3)4)29(40)26(33(44)45)31(42)34(22,46)30(41)24(19)28(25)39/h7-11,14,19,22,27,38-39,42,46H,5-6,12-13,15-16H2,1-4H3,(H,35,43)(H,44,45)/t19-,22-,27-,34-/m0/s1. The molecule has 2 aromatic rings. The third-order valence-corrected chi connectivity index (χ3v) is 9.62. The quantitative estimate of drug-likeness (QED) is 0.222. The van der Waals surface area contributed by atoms with Gasteiger partial charge in [0.25, 0.3) is 5.91 Å². The van der Waals surface area contributed by atoms with Crippen LogP contribution in [-0.4, -0.2) is 111 Å². The fraction of sp³-hybridized carbons (Fsp3) is 0.412. The van der Waals surface area contributed by atoms with Crippen LogP contribution in [0.5, 0.6) is 5.75 Å². The number of aromatic hydroxyl groups is 1. The number of hydrogen-bond acceptors (Lipinski definition) is 10. The number of carbonyl (C=O) groups is 4. The number of aliphatic hydroxyl groups excluding tert-OH is 2. The maximum atomic E-state index is 14.0. The van der Waals surface area contributed by atoms with Crippen molar-refractivity contribution in [2.24, 2.45) is 11.8 Å². The highest BCUT2D eigenvalue weighted by Crippen LogP contribution is 2.53. The second-order valence-electron chi connectivity index (χ2n) is 12.3. The topological polar surface area (TPSA) is 188 Å². The highest BCUT2D eigenvalue weighted by atomic mass is 16.4. The molecule has 1 saturated carbocycles. The Balaban J connectivity index is 1.57. The van der Waals surface area contributed by atoms with E-state index >= 15 is 0 Å². The summed E-state index contributed by atoms with van der Waals surface area (Å²) in [5.74, 6) is -8.25. The van der Waals surface area contributed by atoms with E-state index in [2.05, 4.69) is 24.1 Å². The maximum Gasteiger partial charge on any atom is 0.342 e. The molecule has 0 aromatic heterocycles. The predicted octanol–water partition coefficient (Wildman–Crippen LogP) is 2.30. The van der Waals surface area contributed by atoms with Crippen LogP contribution in [0.4, 0.5) is 0 Å². The van der Waals surface area contributed by atoms with Gasteiger partial charge in [0, 0.05) is 30.1 Å². The number of ketones is 2. The molecule has 46 heavy (non-hydrogen) atoms. The Morgan fingerprint density at radius 2 is 1.74 bits per heavy atom. The number of hydrogen-bond donors (Lipinski definition) is 6. The monoisotopic (exact) mass is 633 g/mol. The summed E-state index contributed by atoms with van der Waals surface area (Å²) in [6.45, 7) is 7.03. The second kappa shape index (κ2) is 12.3. The minimum atomic E-state index is -2.78. The second-order valence-corrected chi connectivity index (χ2v) is 12.3. The number of Topliss-reactive ketones (excluding diaryl/α,β-unsaturated/α-hetero) is 2. The Bertz CT molecular complexity index is 1690. The summed E-state index contributed by atoms with van der Waals surface area (Å²) in [7, 11) is 3.02. The summed E-state index contributed by atoms with van der Waals surface area (Å²) in [5.41, 5.74) is -2.01. The van der Waals surface area contributed by atoms with E-state index in [1.165, 1.54) is 25.1 Å². The van der Waals surface area contributed by atoms with Crippen LogP contribution in [0.1, 0.15) is 41.8 Å². The molecule has 3 aliphatic rings. The normalized spacial score (nSPS) is 24.2. The van der Waals surface area contributed by atoms with Crippen LogP contribution in [0, 0.1) is 11.8 Å². The van der Waals surface area contributed by atoms with E-state index in [0.29, 0.717) is 35.3 Å². The van der Waals surface area contributed by atoms with E-state index in [-0.39, 0.29) is 35.6 Å². The van der Waals surface area contributed by atoms with Gasteiger partial charge in [-0.2, -0.15) is 0 Å². The lowest BCUT2D eigenvalue weighted by Crippen LogP contribution is -2.65. The van der Waals surface area contributed by atoms with Crippen molar-refractivity contribution in [2.75, 3.05) is 40.3 Å². The van der Waals surface area contributed by atoms with E-state index in [4.69, 9.17) is 0 Å². The number of benzene rings is 2. The third-order valence-electron chi connectivity index (χ3n) is 9.62. The van der Waals surface area contributed by atoms with Gasteiger partial charge >= 0.3 is 5.97 Å². The van der Waals surface area contributed by atoms with Gasteiger partial charge in [0.2, 0.25) is 5.78 Å². The molecule has 1 fully saturated rings. The summed E-state index contributed by atoms with van der Waals surface area (Å²) >= 11 is 0. The number of rotatable bonds is 9. The number of nitrogens with zero attached hydrogens (tertiary/aromatic N) is 2. The van der Waals surface area contributed by atoms with Gasteiger partial charge in [-0.25, -0.2) is 4.79 Å². The number of nitrogens with one attached hydrogen (secondary N) is 1. The first-order chi connectivity index (χ1) is 21.8. The zero-order chi connectivity index (χ0) is 33.7. The SMILES string of the molecule is CCN(CC)CCNC(=O)c1cccc(-c2ccc(O)c3c2C[C@H]2C[C@H]4[C@H](N(C)C)C(=O)C(C(=O)O)=C(O)[C@@]4(O)C(=O)C2=C3O)c1. The fourth-order valence-electron chi connectivity index (χ4n) is 7.28. The van der Waals surface area contributed by atoms with Gasteiger partial charge in [0.05, 0.1) is 11.6 Å². The first-order valence-corrected chi connectivity index (χ1v) is 15.3. The van der Waals surface area contributed by atoms with Gasteiger partial charge < -0.3 is 35.7 Å². The number of phenols is 1. The van der Waals surface area contributed by atoms with E-state index in [0.717, 1.165) is 13.1 Å². The number of carboxylic acids is 1. The smallest absolute Gasteiger partial charge is 0.342 e. The van der Waals surface area contributed by atoms with Gasteiger partial charge in [-0.1, -0.05) is 32.0 Å². The Kier molecular flexibility index (Phi) is 8.82. The van der Waals surface area contributed by atoms with Crippen LogP contribution in [0.25, 0.3) is 16.9 Å². The van der Waals surface area contributed by atoms with Crippen LogP contribution in [0.3, 0.4) is 0 Å². The minimum absolute atomic E-state index is 0.0359. The van der Waals surface area contributed by atoms with Crippen molar-refractivity contribution < 1.29 is 44.7 Å². The molecule has 12 nitrogen and oxygen atoms in total. The molecule has 0 heterocycles. The number of carboxylic acid groups (broad SMARTS) is 1. The molecule has 2 aromatic carbocycles. The van der Waals surface area contributed by atoms with E-state index in [1.807, 2.05) is 0 Å². The number of amides is 1. The van der Waals surface area contributed by atoms with Crippen molar-refractivity contribution in [3.05, 3.63) is 70.0 Å². The summed E-state index contributed by atoms with van der Waals surface area (Å²) in [6.07, 6.45) is 0.0539. The molecule has 6 N–H and O–H groups in total. The molecule has 1 amide bonds. The first kappa shape index (κ1) is 32.9. The molecule has 12 heteroatoms. The van der Waals surface area contributed by atoms with Gasteiger partial charge in [-0.3, -0.25) is 19.3 Å². The van der Waals surface area contributed by atoms with Crippen molar-refractivity contribution in [3.8, 4) is 16.9 Å². The first-order valence-electron chi connectivity index (χ1n) is 15.3. The largest absolute Gasteiger partial charge is 0.508 e. The van der Waals surface area contributed by atoms with Crippen LogP contribution < -0.4 is 5.32 Å². The summed E-state index contributed by atoms with van der Waals surface area (Å²) in [6, 6.07) is 8.68. The van der Waals surface area contributed by atoms with Crippen LogP contribution >= 0.6 is 0 Å². The Hall–Kier alpha value is -4.52. The van der Waals surface area contributed by atoms with Crippen molar-refractivity contribution in [3.63, 3.8) is 0 Å². The number of fused-ring (bicyclic) bond motifs is 3. The summed E-state index contributed by atoms with van der Waals surface area (Å²) < 4.78 is 0. The molecule has 0 saturated heterocycles. The maximum absolute atomic E-state index is 14.0. The predicted molar refractivity (Wildman–Crippen MR) is 168 cm³/mol. The molecule has 3 aliphatic carbocycles. The number of carbonyl (C=O) groups excluding carboxylic acids is 3. The molecule has 0 radical (unpaired) electrons. The van der Waals surface area contributed by atoms with E-state index in [9.17, 15) is 44.7 Å². The Morgan fingerprint density at radius 3 is 2.37 bits per heavy atom. The lowest BCUT2D eigenvalue weighted by molar-refractivity contribution is -0.155. The highest BCUT2D eigenvalue weighted by Gasteiger charge is 2.64. The summed E-state index contributed by atoms with van der Waals surface area (Å²) in [5, 5.41) is 57.7. The summed E-state index contributed by atoms with van der Waals surface area (Å²) in [4.78, 5) is 55.8. The zero-order valence-electron chi connectivity index (χ0n) is 26.2. The Labute approximate surface area is 266 Å². The molecule has 0 spiro atoms. The molecule has 0 aliphatic heterocycles. The van der Waals surface area contributed by atoms with Crippen molar-refractivity contribution in [1.82, 2.24) is 15.1 Å². The number of aliphatic carboxylic acids is 1. The van der Waals surface area contributed by atoms with Crippen molar-refractivity contribution in [1.29, 1.82) is 0 Å². The minimum Gasteiger partial charge on any atom is -0.508 e. The molecule has 244 valence electrons. The third kappa shape index (κ3) is 5.16. The van der Waals surface area contributed by atoms with E-state index in [1.54, 1.807) is 30.3 Å². The van der Waals surface area contributed by atoms with Crippen LogP contribution in [-0.2, 0) is 20.8 Å². The molecule has 0 bridgehead atoms. The van der Waals surface area contributed by atoms with Gasteiger partial charge in [-0.15, -0.1) is 0 Å².